The summed E-state index contributed by atoms with van der Waals surface area (Å²) in [5.41, 5.74) is 5.31. The van der Waals surface area contributed by atoms with Crippen LogP contribution in [0, 0.1) is 6.92 Å². The molecule has 57 heavy (non-hydrogen) atoms. The Morgan fingerprint density at radius 2 is 0.737 bits per heavy atom. The van der Waals surface area contributed by atoms with Crippen molar-refractivity contribution in [2.75, 3.05) is 6.54 Å². The molecule has 0 amide bonds. The van der Waals surface area contributed by atoms with E-state index in [1.54, 1.807) is 0 Å². The Balaban J connectivity index is 1.20. The van der Waals surface area contributed by atoms with E-state index in [1.807, 2.05) is 6.21 Å². The highest BCUT2D eigenvalue weighted by atomic mass is 31.2. The average molecular weight is 774 g/mol. The van der Waals surface area contributed by atoms with E-state index in [-0.39, 0.29) is 0 Å². The molecule has 0 aliphatic carbocycles. The van der Waals surface area contributed by atoms with Gasteiger partial charge in [-0.2, -0.15) is 0 Å². The Hall–Kier alpha value is -6.11. The van der Waals surface area contributed by atoms with E-state index in [0.29, 0.717) is 6.54 Å². The molecule has 0 unspecified atom stereocenters. The summed E-state index contributed by atoms with van der Waals surface area (Å²) in [6.45, 7) is 2.75. The molecule has 8 rings (SSSR count). The maximum atomic E-state index is 5.84. The van der Waals surface area contributed by atoms with Gasteiger partial charge in [-0.25, -0.2) is 0 Å². The maximum absolute atomic E-state index is 5.84. The minimum Gasteiger partial charge on any atom is -0.292 e. The van der Waals surface area contributed by atoms with E-state index in [2.05, 4.69) is 231 Å². The summed E-state index contributed by atoms with van der Waals surface area (Å²) in [4.78, 5) is 5.09. The Labute approximate surface area is 337 Å². The molecule has 0 fully saturated rings. The highest BCUT2D eigenvalue weighted by Crippen LogP contribution is 2.51. The fourth-order valence-electron chi connectivity index (χ4n) is 7.46. The summed E-state index contributed by atoms with van der Waals surface area (Å²) in [6.07, 6.45) is 2.78. The van der Waals surface area contributed by atoms with Crippen LogP contribution >= 0.6 is 14.1 Å². The first kappa shape index (κ1) is 37.8. The minimum atomic E-state index is -2.45. The fraction of sp³-hybridized carbons (Fsp3) is 0.0577. The van der Waals surface area contributed by atoms with Gasteiger partial charge in [0.2, 0.25) is 0 Å². The van der Waals surface area contributed by atoms with Crippen molar-refractivity contribution >= 4 is 63.5 Å². The molecular weight excluding hydrogens is 729 g/mol. The van der Waals surface area contributed by atoms with Crippen LogP contribution in [0.2, 0.25) is 0 Å². The van der Waals surface area contributed by atoms with Gasteiger partial charge in [-0.15, -0.1) is 0 Å². The topological polar surface area (TPSA) is 37.1 Å². The van der Waals surface area contributed by atoms with Crippen LogP contribution in [-0.4, -0.2) is 12.8 Å². The van der Waals surface area contributed by atoms with Gasteiger partial charge in [-0.3, -0.25) is 14.5 Å². The zero-order valence-electron chi connectivity index (χ0n) is 32.1. The number of hydrogen-bond donors (Lipinski definition) is 0. The fourth-order valence-corrected chi connectivity index (χ4v) is 14.6. The maximum Gasteiger partial charge on any atom is 0.0713 e. The minimum absolute atomic E-state index is 0.615. The van der Waals surface area contributed by atoms with Crippen molar-refractivity contribution in [1.82, 2.24) is 0 Å². The van der Waals surface area contributed by atoms with Gasteiger partial charge in [0.25, 0.3) is 0 Å². The first-order valence-corrected chi connectivity index (χ1v) is 22.9. The summed E-state index contributed by atoms with van der Waals surface area (Å²) in [5, 5.41) is 7.33. The van der Waals surface area contributed by atoms with Gasteiger partial charge in [0, 0.05) is 50.2 Å². The monoisotopic (exact) mass is 773 g/mol. The molecule has 0 radical (unpaired) electrons. The van der Waals surface area contributed by atoms with Gasteiger partial charge in [0.15, 0.2) is 0 Å². The second kappa shape index (κ2) is 17.8. The van der Waals surface area contributed by atoms with E-state index in [9.17, 15) is 0 Å². The van der Waals surface area contributed by atoms with Gasteiger partial charge in [-0.1, -0.05) is 212 Å². The van der Waals surface area contributed by atoms with Gasteiger partial charge in [0.05, 0.1) is 25.5 Å². The van der Waals surface area contributed by atoms with E-state index in [4.69, 9.17) is 14.5 Å². The molecule has 0 saturated carbocycles. The molecule has 8 aromatic carbocycles. The number of aliphatic imine (C=N–C) groups is 1. The summed E-state index contributed by atoms with van der Waals surface area (Å²) >= 11 is 0. The van der Waals surface area contributed by atoms with Crippen LogP contribution < -0.4 is 31.8 Å². The zero-order chi connectivity index (χ0) is 38.8. The second-order valence-corrected chi connectivity index (χ2v) is 20.0. The predicted molar refractivity (Wildman–Crippen MR) is 248 cm³/mol. The third-order valence-corrected chi connectivity index (χ3v) is 17.5. The molecule has 0 saturated heterocycles. The molecule has 0 aromatic heterocycles. The van der Waals surface area contributed by atoms with Crippen LogP contribution in [0.15, 0.2) is 239 Å². The quantitative estimate of drug-likeness (QED) is 0.0876. The number of benzene rings is 8. The van der Waals surface area contributed by atoms with Crippen molar-refractivity contribution < 1.29 is 0 Å². The molecule has 8 aromatic rings. The van der Waals surface area contributed by atoms with Crippen molar-refractivity contribution in [2.24, 2.45) is 14.5 Å². The number of rotatable bonds is 12. The van der Waals surface area contributed by atoms with Crippen LogP contribution in [0.5, 0.6) is 0 Å². The molecule has 0 aliphatic rings. The first-order chi connectivity index (χ1) is 28.2. The molecule has 0 bridgehead atoms. The molecule has 0 atom stereocenters. The Morgan fingerprint density at radius 3 is 1.14 bits per heavy atom. The van der Waals surface area contributed by atoms with Gasteiger partial charge in [0.1, 0.15) is 0 Å². The number of nitrogens with zero attached hydrogens (tertiary/aromatic N) is 3. The Morgan fingerprint density at radius 1 is 0.386 bits per heavy atom. The Bertz CT molecular complexity index is 2470. The molecule has 0 spiro atoms. The van der Waals surface area contributed by atoms with Crippen molar-refractivity contribution in [3.05, 3.63) is 241 Å². The highest BCUT2D eigenvalue weighted by molar-refractivity contribution is 7.88. The molecule has 3 nitrogen and oxygen atoms in total. The lowest BCUT2D eigenvalue weighted by Crippen LogP contribution is -2.25. The number of aryl methyl sites for hydroxylation is 1. The van der Waals surface area contributed by atoms with Gasteiger partial charge in [-0.05, 0) is 37.1 Å². The summed E-state index contributed by atoms with van der Waals surface area (Å²) < 4.78 is 11.7. The lowest BCUT2D eigenvalue weighted by Gasteiger charge is -2.27. The van der Waals surface area contributed by atoms with Crippen LogP contribution in [0.25, 0.3) is 0 Å². The van der Waals surface area contributed by atoms with Crippen LogP contribution in [0.3, 0.4) is 0 Å². The van der Waals surface area contributed by atoms with Crippen LogP contribution in [0.4, 0.5) is 11.4 Å². The molecule has 0 heterocycles. The largest absolute Gasteiger partial charge is 0.292 e. The number of hydrogen-bond acceptors (Lipinski definition) is 3. The summed E-state index contributed by atoms with van der Waals surface area (Å²) in [6, 6.07) is 79.9. The zero-order valence-corrected chi connectivity index (χ0v) is 33.9. The second-order valence-electron chi connectivity index (χ2n) is 14.0. The SMILES string of the molecule is Cc1ccc(N=P(c2ccccc2)(c2ccccc2)c2ccccc2)c(C=NCCc2ccccc2N=P(c2ccccc2)(c2ccccc2)c2ccccc2)c1. The van der Waals surface area contributed by atoms with E-state index >= 15 is 0 Å². The van der Waals surface area contributed by atoms with Crippen LogP contribution in [-0.2, 0) is 6.42 Å². The van der Waals surface area contributed by atoms with Crippen molar-refractivity contribution in [3.8, 4) is 0 Å². The Kier molecular flexibility index (Phi) is 11.8. The third kappa shape index (κ3) is 8.09. The predicted octanol–water partition coefficient (Wildman–Crippen LogP) is 11.3. The molecular formula is C52H45N3P2. The highest BCUT2D eigenvalue weighted by Gasteiger charge is 2.29. The normalized spacial score (nSPS) is 11.7. The average Bonchev–Trinajstić information content (AvgIpc) is 3.29. The van der Waals surface area contributed by atoms with E-state index in [0.717, 1.165) is 23.4 Å². The van der Waals surface area contributed by atoms with Gasteiger partial charge < -0.3 is 0 Å². The smallest absolute Gasteiger partial charge is 0.0713 e. The van der Waals surface area contributed by atoms with Crippen molar-refractivity contribution in [3.63, 3.8) is 0 Å². The van der Waals surface area contributed by atoms with E-state index < -0.39 is 14.1 Å². The molecule has 0 N–H and O–H groups in total. The third-order valence-electron chi connectivity index (χ3n) is 10.2. The molecule has 5 heteroatoms. The summed E-state index contributed by atoms with van der Waals surface area (Å²) in [7, 11) is -4.87. The van der Waals surface area contributed by atoms with Crippen molar-refractivity contribution in [2.45, 2.75) is 13.3 Å². The lowest BCUT2D eigenvalue weighted by atomic mass is 10.1. The first-order valence-electron chi connectivity index (χ1n) is 19.4. The molecule has 0 aliphatic heterocycles. The van der Waals surface area contributed by atoms with Crippen LogP contribution in [0.1, 0.15) is 16.7 Å². The van der Waals surface area contributed by atoms with Gasteiger partial charge >= 0.3 is 0 Å². The molecule has 278 valence electrons. The summed E-state index contributed by atoms with van der Waals surface area (Å²) in [5.74, 6) is 0. The van der Waals surface area contributed by atoms with E-state index in [1.165, 1.54) is 43.0 Å². The standard InChI is InChI=1S/C52H45N3P2/c1-42-36-37-52(55-57(48-29-14-5-15-30-48,49-31-16-6-17-32-49)50-33-18-7-19-34-50)44(40-42)41-53-39-38-43-22-20-21-35-51(43)54-56(45-23-8-2-9-24-45,46-25-10-3-11-26-46)47-27-12-4-13-28-47/h2-37,40-41H,38-39H2,1H3. The lowest BCUT2D eigenvalue weighted by molar-refractivity contribution is 0.973. The van der Waals surface area contributed by atoms with Crippen molar-refractivity contribution in [1.29, 1.82) is 0 Å².